The molecule has 1 fully saturated rings. The average Bonchev–Trinajstić information content (AvgIpc) is 2.53. The van der Waals surface area contributed by atoms with E-state index in [2.05, 4.69) is 32.5 Å². The average molecular weight is 442 g/mol. The summed E-state index contributed by atoms with van der Waals surface area (Å²) in [6.45, 7) is 5.90. The van der Waals surface area contributed by atoms with Gasteiger partial charge in [0, 0.05) is 11.0 Å². The van der Waals surface area contributed by atoms with E-state index in [1.165, 1.54) is 20.0 Å². The fourth-order valence-corrected chi connectivity index (χ4v) is 4.51. The minimum Gasteiger partial charge on any atom is -0.495 e. The lowest BCUT2D eigenvalue weighted by Gasteiger charge is -2.30. The quantitative estimate of drug-likeness (QED) is 0.660. The smallest absolute Gasteiger partial charge is 0.244 e. The summed E-state index contributed by atoms with van der Waals surface area (Å²) in [6.07, 6.45) is 3.28. The Morgan fingerprint density at radius 1 is 1.33 bits per heavy atom. The van der Waals surface area contributed by atoms with Gasteiger partial charge in [0.15, 0.2) is 0 Å². The maximum Gasteiger partial charge on any atom is 0.244 e. The summed E-state index contributed by atoms with van der Waals surface area (Å²) < 4.78 is 33.4. The number of nitrogens with one attached hydrogen (secondary N) is 1. The third kappa shape index (κ3) is 6.19. The molecule has 1 aromatic rings. The van der Waals surface area contributed by atoms with Crippen LogP contribution in [0.15, 0.2) is 27.6 Å². The topological polar surface area (TPSA) is 58.6 Å². The van der Waals surface area contributed by atoms with Crippen LogP contribution >= 0.6 is 28.3 Å². The maximum absolute atomic E-state index is 12.4. The Kier molecular flexibility index (Phi) is 9.01. The Bertz CT molecular complexity index is 620. The van der Waals surface area contributed by atoms with Gasteiger partial charge in [-0.3, -0.25) is 0 Å². The zero-order valence-electron chi connectivity index (χ0n) is 14.1. The Morgan fingerprint density at radius 3 is 2.62 bits per heavy atom. The highest BCUT2D eigenvalue weighted by Crippen LogP contribution is 2.27. The van der Waals surface area contributed by atoms with E-state index in [0.29, 0.717) is 16.8 Å². The molecule has 0 aliphatic carbocycles. The van der Waals surface area contributed by atoms with Crippen LogP contribution in [0.3, 0.4) is 0 Å². The first kappa shape index (κ1) is 21.7. The number of halogens is 2. The van der Waals surface area contributed by atoms with E-state index in [4.69, 9.17) is 4.74 Å². The van der Waals surface area contributed by atoms with Crippen molar-refractivity contribution in [2.24, 2.45) is 5.92 Å². The maximum atomic E-state index is 12.4. The van der Waals surface area contributed by atoms with Crippen molar-refractivity contribution in [2.75, 3.05) is 33.3 Å². The number of methoxy groups -OCH3 is 1. The number of hydrogen-bond acceptors (Lipinski definition) is 4. The van der Waals surface area contributed by atoms with E-state index >= 15 is 0 Å². The second-order valence-electron chi connectivity index (χ2n) is 6.07. The number of hydrogen-bond donors (Lipinski definition) is 1. The van der Waals surface area contributed by atoms with Gasteiger partial charge < -0.3 is 9.64 Å². The number of sulfonamides is 1. The van der Waals surface area contributed by atoms with Crippen molar-refractivity contribution in [3.8, 4) is 5.75 Å². The lowest BCUT2D eigenvalue weighted by Crippen LogP contribution is -2.35. The Hall–Kier alpha value is -0.340. The zero-order valence-corrected chi connectivity index (χ0v) is 17.3. The first-order valence-electron chi connectivity index (χ1n) is 7.98. The van der Waals surface area contributed by atoms with Gasteiger partial charge >= 0.3 is 0 Å². The highest BCUT2D eigenvalue weighted by molar-refractivity contribution is 9.10. The third-order valence-electron chi connectivity index (χ3n) is 4.23. The van der Waals surface area contributed by atoms with Gasteiger partial charge in [-0.25, -0.2) is 13.1 Å². The molecule has 0 bridgehead atoms. The number of ether oxygens (including phenoxy) is 1. The van der Waals surface area contributed by atoms with Gasteiger partial charge in [0.25, 0.3) is 0 Å². The van der Waals surface area contributed by atoms with Crippen LogP contribution in [0, 0.1) is 5.92 Å². The van der Waals surface area contributed by atoms with Gasteiger partial charge in [-0.05, 0) is 63.0 Å². The minimum absolute atomic E-state index is 0. The van der Waals surface area contributed by atoms with E-state index < -0.39 is 10.0 Å². The van der Waals surface area contributed by atoms with Crippen LogP contribution in [0.25, 0.3) is 0 Å². The molecule has 0 atom stereocenters. The van der Waals surface area contributed by atoms with E-state index in [0.717, 1.165) is 32.0 Å². The van der Waals surface area contributed by atoms with Crippen molar-refractivity contribution in [2.45, 2.75) is 31.1 Å². The third-order valence-corrected chi connectivity index (χ3v) is 6.21. The Labute approximate surface area is 159 Å². The van der Waals surface area contributed by atoms with Gasteiger partial charge in [0.1, 0.15) is 10.6 Å². The highest BCUT2D eigenvalue weighted by Gasteiger charge is 2.20. The standard InChI is InChI=1S/C16H25BrN2O3S.ClH/c1-13-6-10-19(11-7-13)9-3-8-18-23(20,21)16-12-14(17)4-5-15(16)22-2;/h4-5,12-13,18H,3,6-11H2,1-2H3;1H. The van der Waals surface area contributed by atoms with Gasteiger partial charge in [-0.15, -0.1) is 12.4 Å². The summed E-state index contributed by atoms with van der Waals surface area (Å²) in [4.78, 5) is 2.58. The molecule has 0 radical (unpaired) electrons. The van der Waals surface area contributed by atoms with E-state index in [-0.39, 0.29) is 17.3 Å². The monoisotopic (exact) mass is 440 g/mol. The molecule has 0 amide bonds. The van der Waals surface area contributed by atoms with Crippen LogP contribution in [0.1, 0.15) is 26.2 Å². The normalized spacial score (nSPS) is 16.6. The van der Waals surface area contributed by atoms with Crippen molar-refractivity contribution in [1.29, 1.82) is 0 Å². The molecule has 0 saturated carbocycles. The molecule has 1 heterocycles. The largest absolute Gasteiger partial charge is 0.495 e. The highest BCUT2D eigenvalue weighted by atomic mass is 79.9. The van der Waals surface area contributed by atoms with Crippen LogP contribution in [0.2, 0.25) is 0 Å². The molecule has 2 rings (SSSR count). The molecule has 1 aliphatic heterocycles. The first-order valence-corrected chi connectivity index (χ1v) is 10.3. The molecular formula is C16H26BrClN2O3S. The number of likely N-dealkylation sites (tertiary alicyclic amines) is 1. The summed E-state index contributed by atoms with van der Waals surface area (Å²) in [7, 11) is -2.09. The second kappa shape index (κ2) is 9.97. The summed E-state index contributed by atoms with van der Waals surface area (Å²) in [6, 6.07) is 4.97. The fourth-order valence-electron chi connectivity index (χ4n) is 2.73. The van der Waals surface area contributed by atoms with Crippen molar-refractivity contribution in [1.82, 2.24) is 9.62 Å². The zero-order chi connectivity index (χ0) is 16.9. The van der Waals surface area contributed by atoms with Crippen molar-refractivity contribution >= 4 is 38.4 Å². The number of benzene rings is 1. The van der Waals surface area contributed by atoms with E-state index in [9.17, 15) is 8.42 Å². The lowest BCUT2D eigenvalue weighted by atomic mass is 9.99. The first-order chi connectivity index (χ1) is 10.9. The molecule has 5 nitrogen and oxygen atoms in total. The molecule has 1 N–H and O–H groups in total. The molecule has 8 heteroatoms. The summed E-state index contributed by atoms with van der Waals surface area (Å²) in [5.41, 5.74) is 0. The molecular weight excluding hydrogens is 416 g/mol. The molecule has 1 aromatic carbocycles. The predicted octanol–water partition coefficient (Wildman–Crippen LogP) is 3.28. The lowest BCUT2D eigenvalue weighted by molar-refractivity contribution is 0.191. The van der Waals surface area contributed by atoms with Gasteiger partial charge in [0.05, 0.1) is 7.11 Å². The minimum atomic E-state index is -3.56. The van der Waals surface area contributed by atoms with Crippen molar-refractivity contribution in [3.63, 3.8) is 0 Å². The summed E-state index contributed by atoms with van der Waals surface area (Å²) in [5.74, 6) is 1.17. The molecule has 0 spiro atoms. The van der Waals surface area contributed by atoms with Crippen LogP contribution in [-0.4, -0.2) is 46.6 Å². The van der Waals surface area contributed by atoms with Crippen LogP contribution in [0.4, 0.5) is 0 Å². The van der Waals surface area contributed by atoms with Crippen LogP contribution in [0.5, 0.6) is 5.75 Å². The molecule has 138 valence electrons. The number of piperidine rings is 1. The Balaban J connectivity index is 0.00000288. The second-order valence-corrected chi connectivity index (χ2v) is 8.72. The van der Waals surface area contributed by atoms with E-state index in [1.807, 2.05) is 0 Å². The van der Waals surface area contributed by atoms with Gasteiger partial charge in [-0.2, -0.15) is 0 Å². The summed E-state index contributed by atoms with van der Waals surface area (Å²) >= 11 is 3.30. The molecule has 24 heavy (non-hydrogen) atoms. The van der Waals surface area contributed by atoms with Gasteiger partial charge in [-0.1, -0.05) is 22.9 Å². The van der Waals surface area contributed by atoms with Gasteiger partial charge in [0.2, 0.25) is 10.0 Å². The Morgan fingerprint density at radius 2 is 2.00 bits per heavy atom. The fraction of sp³-hybridized carbons (Fsp3) is 0.625. The molecule has 1 aliphatic rings. The SMILES string of the molecule is COc1ccc(Br)cc1S(=O)(=O)NCCCN1CCC(C)CC1.Cl. The molecule has 0 unspecified atom stereocenters. The number of rotatable bonds is 7. The van der Waals surface area contributed by atoms with Crippen LogP contribution < -0.4 is 9.46 Å². The molecule has 1 saturated heterocycles. The van der Waals surface area contributed by atoms with Crippen molar-refractivity contribution < 1.29 is 13.2 Å². The van der Waals surface area contributed by atoms with E-state index in [1.54, 1.807) is 18.2 Å². The van der Waals surface area contributed by atoms with Crippen LogP contribution in [-0.2, 0) is 10.0 Å². The molecule has 0 aromatic heterocycles. The van der Waals surface area contributed by atoms with Crippen molar-refractivity contribution in [3.05, 3.63) is 22.7 Å². The summed E-state index contributed by atoms with van der Waals surface area (Å²) in [5, 5.41) is 0. The number of nitrogens with zero attached hydrogens (tertiary/aromatic N) is 1. The predicted molar refractivity (Wildman–Crippen MR) is 103 cm³/mol.